The van der Waals surface area contributed by atoms with Gasteiger partial charge in [0.2, 0.25) is 0 Å². The van der Waals surface area contributed by atoms with Gasteiger partial charge in [0.05, 0.1) is 25.1 Å². The van der Waals surface area contributed by atoms with Gasteiger partial charge in [0, 0.05) is 0 Å². The highest BCUT2D eigenvalue weighted by Gasteiger charge is 2.32. The fourth-order valence-electron chi connectivity index (χ4n) is 1.61. The SMILES string of the molecule is CCOC(=O)C(C)(CCCSC1COC1)NC. The molecule has 0 aliphatic carbocycles. The second-order valence-corrected chi connectivity index (χ2v) is 5.84. The van der Waals surface area contributed by atoms with E-state index < -0.39 is 5.54 Å². The molecule has 1 saturated heterocycles. The van der Waals surface area contributed by atoms with Crippen LogP contribution in [-0.4, -0.2) is 49.4 Å². The van der Waals surface area contributed by atoms with Gasteiger partial charge in [-0.05, 0) is 39.5 Å². The van der Waals surface area contributed by atoms with Crippen molar-refractivity contribution >= 4 is 17.7 Å². The van der Waals surface area contributed by atoms with Crippen LogP contribution in [0, 0.1) is 0 Å². The van der Waals surface area contributed by atoms with Gasteiger partial charge >= 0.3 is 5.97 Å². The van der Waals surface area contributed by atoms with E-state index in [0.29, 0.717) is 11.9 Å². The molecule has 0 spiro atoms. The number of nitrogens with one attached hydrogen (secondary N) is 1. The van der Waals surface area contributed by atoms with E-state index in [4.69, 9.17) is 9.47 Å². The first-order valence-electron chi connectivity index (χ1n) is 6.18. The molecule has 0 aromatic rings. The molecular formula is C12H23NO3S. The number of carbonyl (C=O) groups is 1. The zero-order valence-corrected chi connectivity index (χ0v) is 11.8. The van der Waals surface area contributed by atoms with Crippen LogP contribution in [0.25, 0.3) is 0 Å². The Balaban J connectivity index is 2.21. The van der Waals surface area contributed by atoms with Crippen LogP contribution in [0.5, 0.6) is 0 Å². The van der Waals surface area contributed by atoms with Gasteiger partial charge in [-0.25, -0.2) is 0 Å². The van der Waals surface area contributed by atoms with E-state index in [1.165, 1.54) is 0 Å². The van der Waals surface area contributed by atoms with Crippen LogP contribution in [-0.2, 0) is 14.3 Å². The molecule has 0 bridgehead atoms. The first-order valence-corrected chi connectivity index (χ1v) is 7.22. The van der Waals surface area contributed by atoms with Crippen LogP contribution in [0.3, 0.4) is 0 Å². The molecule has 1 heterocycles. The first kappa shape index (κ1) is 14.8. The Hall–Kier alpha value is -0.260. The molecular weight excluding hydrogens is 238 g/mol. The number of hydrogen-bond acceptors (Lipinski definition) is 5. The maximum atomic E-state index is 11.8. The second kappa shape index (κ2) is 7.24. The van der Waals surface area contributed by atoms with Crippen molar-refractivity contribution in [2.45, 2.75) is 37.5 Å². The van der Waals surface area contributed by atoms with Crippen molar-refractivity contribution in [2.75, 3.05) is 32.6 Å². The molecule has 1 fully saturated rings. The van der Waals surface area contributed by atoms with Gasteiger partial charge < -0.3 is 14.8 Å². The highest BCUT2D eigenvalue weighted by Crippen LogP contribution is 2.22. The van der Waals surface area contributed by atoms with Gasteiger partial charge in [-0.15, -0.1) is 0 Å². The average Bonchev–Trinajstić information content (AvgIpc) is 2.26. The summed E-state index contributed by atoms with van der Waals surface area (Å²) in [5, 5.41) is 3.74. The predicted octanol–water partition coefficient (Wildman–Crippen LogP) is 1.44. The monoisotopic (exact) mass is 261 g/mol. The summed E-state index contributed by atoms with van der Waals surface area (Å²) in [7, 11) is 1.81. The van der Waals surface area contributed by atoms with Crippen LogP contribution in [0.1, 0.15) is 26.7 Å². The molecule has 1 aliphatic rings. The number of esters is 1. The molecule has 1 atom stereocenters. The predicted molar refractivity (Wildman–Crippen MR) is 70.4 cm³/mol. The summed E-state index contributed by atoms with van der Waals surface area (Å²) >= 11 is 1.93. The van der Waals surface area contributed by atoms with Crippen LogP contribution >= 0.6 is 11.8 Å². The normalized spacial score (nSPS) is 19.5. The van der Waals surface area contributed by atoms with Crippen LogP contribution in [0.15, 0.2) is 0 Å². The van der Waals surface area contributed by atoms with Crippen molar-refractivity contribution in [1.82, 2.24) is 5.32 Å². The van der Waals surface area contributed by atoms with E-state index in [-0.39, 0.29) is 5.97 Å². The summed E-state index contributed by atoms with van der Waals surface area (Å²) in [4.78, 5) is 11.8. The number of likely N-dealkylation sites (N-methyl/N-ethyl adjacent to an activating group) is 1. The maximum absolute atomic E-state index is 11.8. The number of hydrogen-bond donors (Lipinski definition) is 1. The molecule has 5 heteroatoms. The first-order chi connectivity index (χ1) is 8.12. The Labute approximate surface area is 108 Å². The van der Waals surface area contributed by atoms with E-state index >= 15 is 0 Å². The fourth-order valence-corrected chi connectivity index (χ4v) is 2.63. The van der Waals surface area contributed by atoms with Gasteiger partial charge in [-0.3, -0.25) is 4.79 Å². The lowest BCUT2D eigenvalue weighted by Gasteiger charge is -2.28. The Morgan fingerprint density at radius 2 is 2.29 bits per heavy atom. The summed E-state index contributed by atoms with van der Waals surface area (Å²) in [6, 6.07) is 0. The molecule has 0 aromatic carbocycles. The number of ether oxygens (including phenoxy) is 2. The molecule has 1 aliphatic heterocycles. The quantitative estimate of drug-likeness (QED) is 0.529. The minimum atomic E-state index is -0.549. The summed E-state index contributed by atoms with van der Waals surface area (Å²) in [5.41, 5.74) is -0.549. The van der Waals surface area contributed by atoms with Gasteiger partial charge in [-0.2, -0.15) is 11.8 Å². The summed E-state index contributed by atoms with van der Waals surface area (Å²) in [5.74, 6) is 0.921. The standard InChI is InChI=1S/C12H23NO3S/c1-4-16-11(14)12(2,13-3)6-5-7-17-10-8-15-9-10/h10,13H,4-9H2,1-3H3. The summed E-state index contributed by atoms with van der Waals surface area (Å²) in [6.07, 6.45) is 1.82. The zero-order valence-electron chi connectivity index (χ0n) is 11.0. The van der Waals surface area contributed by atoms with Gasteiger partial charge in [0.25, 0.3) is 0 Å². The van der Waals surface area contributed by atoms with Crippen molar-refractivity contribution < 1.29 is 14.3 Å². The topological polar surface area (TPSA) is 47.6 Å². The molecule has 0 amide bonds. The highest BCUT2D eigenvalue weighted by atomic mass is 32.2. The van der Waals surface area contributed by atoms with Crippen LogP contribution in [0.2, 0.25) is 0 Å². The van der Waals surface area contributed by atoms with Crippen molar-refractivity contribution in [2.24, 2.45) is 0 Å². The second-order valence-electron chi connectivity index (χ2n) is 4.44. The molecule has 100 valence electrons. The third-order valence-electron chi connectivity index (χ3n) is 3.06. The largest absolute Gasteiger partial charge is 0.465 e. The van der Waals surface area contributed by atoms with Crippen LogP contribution < -0.4 is 5.32 Å². The Bertz CT molecular complexity index is 246. The molecule has 0 aromatic heterocycles. The lowest BCUT2D eigenvalue weighted by molar-refractivity contribution is -0.150. The van der Waals surface area contributed by atoms with Gasteiger partial charge in [0.15, 0.2) is 0 Å². The Morgan fingerprint density at radius 1 is 1.59 bits per heavy atom. The number of carbonyl (C=O) groups excluding carboxylic acids is 1. The van der Waals surface area contributed by atoms with Crippen molar-refractivity contribution in [3.63, 3.8) is 0 Å². The van der Waals surface area contributed by atoms with E-state index in [9.17, 15) is 4.79 Å². The molecule has 1 unspecified atom stereocenters. The van der Waals surface area contributed by atoms with Crippen molar-refractivity contribution in [3.8, 4) is 0 Å². The van der Waals surface area contributed by atoms with Crippen LogP contribution in [0.4, 0.5) is 0 Å². The van der Waals surface area contributed by atoms with Crippen molar-refractivity contribution in [1.29, 1.82) is 0 Å². The summed E-state index contributed by atoms with van der Waals surface area (Å²) < 4.78 is 10.2. The number of thioether (sulfide) groups is 1. The lowest BCUT2D eigenvalue weighted by Crippen LogP contribution is -2.48. The fraction of sp³-hybridized carbons (Fsp3) is 0.917. The van der Waals surface area contributed by atoms with Crippen molar-refractivity contribution in [3.05, 3.63) is 0 Å². The summed E-state index contributed by atoms with van der Waals surface area (Å²) in [6.45, 7) is 5.94. The third-order valence-corrected chi connectivity index (χ3v) is 4.33. The number of rotatable bonds is 8. The van der Waals surface area contributed by atoms with E-state index in [1.54, 1.807) is 0 Å². The third kappa shape index (κ3) is 4.48. The van der Waals surface area contributed by atoms with E-state index in [1.807, 2.05) is 32.7 Å². The maximum Gasteiger partial charge on any atom is 0.326 e. The highest BCUT2D eigenvalue weighted by molar-refractivity contribution is 8.00. The zero-order chi connectivity index (χ0) is 12.7. The minimum absolute atomic E-state index is 0.153. The average molecular weight is 261 g/mol. The molecule has 0 radical (unpaired) electrons. The molecule has 17 heavy (non-hydrogen) atoms. The lowest BCUT2D eigenvalue weighted by atomic mass is 9.97. The molecule has 1 rings (SSSR count). The minimum Gasteiger partial charge on any atom is -0.465 e. The Morgan fingerprint density at radius 3 is 2.76 bits per heavy atom. The van der Waals surface area contributed by atoms with E-state index in [0.717, 1.165) is 31.8 Å². The van der Waals surface area contributed by atoms with Gasteiger partial charge in [-0.1, -0.05) is 0 Å². The van der Waals surface area contributed by atoms with Gasteiger partial charge in [0.1, 0.15) is 5.54 Å². The Kier molecular flexibility index (Phi) is 6.30. The molecule has 1 N–H and O–H groups in total. The smallest absolute Gasteiger partial charge is 0.326 e. The molecule has 4 nitrogen and oxygen atoms in total. The van der Waals surface area contributed by atoms with E-state index in [2.05, 4.69) is 5.32 Å². The molecule has 0 saturated carbocycles.